The topological polar surface area (TPSA) is 42.0 Å². The zero-order valence-corrected chi connectivity index (χ0v) is 13.2. The lowest BCUT2D eigenvalue weighted by molar-refractivity contribution is -0.113. The summed E-state index contributed by atoms with van der Waals surface area (Å²) in [6, 6.07) is 11.2. The molecule has 1 amide bonds. The standard InChI is InChI=1S/C14H13ClN2OS2/c1-19-14-7-4-11(8-16-14)17-13(18)9-20-12-5-2-10(15)3-6-12/h2-8H,9H2,1H3,(H,17,18). The SMILES string of the molecule is CSc1ccc(NC(=O)CSc2ccc(Cl)cc2)cn1. The summed E-state index contributed by atoms with van der Waals surface area (Å²) in [5, 5.41) is 4.44. The van der Waals surface area contributed by atoms with Crippen LogP contribution in [0.5, 0.6) is 0 Å². The van der Waals surface area contributed by atoms with Crippen molar-refractivity contribution >= 4 is 46.7 Å². The van der Waals surface area contributed by atoms with Gasteiger partial charge in [0.2, 0.25) is 5.91 Å². The van der Waals surface area contributed by atoms with E-state index >= 15 is 0 Å². The van der Waals surface area contributed by atoms with E-state index in [1.807, 2.05) is 42.7 Å². The van der Waals surface area contributed by atoms with Gasteiger partial charge in [0.25, 0.3) is 0 Å². The molecule has 20 heavy (non-hydrogen) atoms. The van der Waals surface area contributed by atoms with E-state index in [9.17, 15) is 4.79 Å². The molecule has 0 aliphatic carbocycles. The lowest BCUT2D eigenvalue weighted by Crippen LogP contribution is -2.14. The number of amides is 1. The van der Waals surface area contributed by atoms with E-state index in [1.165, 1.54) is 11.8 Å². The average Bonchev–Trinajstić information content (AvgIpc) is 2.47. The Labute approximate surface area is 131 Å². The largest absolute Gasteiger partial charge is 0.324 e. The highest BCUT2D eigenvalue weighted by molar-refractivity contribution is 8.00. The van der Waals surface area contributed by atoms with E-state index in [2.05, 4.69) is 10.3 Å². The molecule has 6 heteroatoms. The van der Waals surface area contributed by atoms with Crippen LogP contribution in [0.4, 0.5) is 5.69 Å². The average molecular weight is 325 g/mol. The van der Waals surface area contributed by atoms with Gasteiger partial charge in [-0.1, -0.05) is 11.6 Å². The van der Waals surface area contributed by atoms with Gasteiger partial charge in [-0.05, 0) is 42.7 Å². The van der Waals surface area contributed by atoms with Crippen LogP contribution in [0.15, 0.2) is 52.5 Å². The molecule has 0 spiro atoms. The molecule has 0 aliphatic heterocycles. The van der Waals surface area contributed by atoms with Gasteiger partial charge in [-0.15, -0.1) is 23.5 Å². The summed E-state index contributed by atoms with van der Waals surface area (Å²) < 4.78 is 0. The molecule has 0 bridgehead atoms. The molecule has 3 nitrogen and oxygen atoms in total. The fourth-order valence-electron chi connectivity index (χ4n) is 1.45. The predicted octanol–water partition coefficient (Wildman–Crippen LogP) is 4.19. The predicted molar refractivity (Wildman–Crippen MR) is 86.8 cm³/mol. The summed E-state index contributed by atoms with van der Waals surface area (Å²) in [6.07, 6.45) is 3.63. The summed E-state index contributed by atoms with van der Waals surface area (Å²) in [6.45, 7) is 0. The van der Waals surface area contributed by atoms with Gasteiger partial charge in [-0.3, -0.25) is 4.79 Å². The van der Waals surface area contributed by atoms with Crippen molar-refractivity contribution in [2.24, 2.45) is 0 Å². The lowest BCUT2D eigenvalue weighted by atomic mass is 10.4. The van der Waals surface area contributed by atoms with Gasteiger partial charge in [0.05, 0.1) is 22.7 Å². The molecule has 1 aromatic carbocycles. The van der Waals surface area contributed by atoms with E-state index in [4.69, 9.17) is 11.6 Å². The second-order valence-corrected chi connectivity index (χ2v) is 6.19. The Bertz CT molecular complexity index is 573. The van der Waals surface area contributed by atoms with Crippen molar-refractivity contribution in [3.63, 3.8) is 0 Å². The van der Waals surface area contributed by atoms with Crippen LogP contribution in [0.3, 0.4) is 0 Å². The van der Waals surface area contributed by atoms with E-state index in [-0.39, 0.29) is 5.91 Å². The summed E-state index contributed by atoms with van der Waals surface area (Å²) >= 11 is 8.84. The van der Waals surface area contributed by atoms with Crippen LogP contribution in [-0.2, 0) is 4.79 Å². The fraction of sp³-hybridized carbons (Fsp3) is 0.143. The maximum atomic E-state index is 11.8. The van der Waals surface area contributed by atoms with Gasteiger partial charge in [0.1, 0.15) is 0 Å². The third-order valence-corrected chi connectivity index (χ3v) is 4.34. The number of benzene rings is 1. The lowest BCUT2D eigenvalue weighted by Gasteiger charge is -2.05. The Morgan fingerprint density at radius 2 is 2.00 bits per heavy atom. The Morgan fingerprint density at radius 1 is 1.25 bits per heavy atom. The first kappa shape index (κ1) is 15.2. The molecular weight excluding hydrogens is 312 g/mol. The fourth-order valence-corrected chi connectivity index (χ4v) is 2.64. The number of thioether (sulfide) groups is 2. The number of carbonyl (C=O) groups excluding carboxylic acids is 1. The summed E-state index contributed by atoms with van der Waals surface area (Å²) in [5.41, 5.74) is 0.713. The van der Waals surface area contributed by atoms with Crippen LogP contribution in [-0.4, -0.2) is 22.9 Å². The van der Waals surface area contributed by atoms with Gasteiger partial charge < -0.3 is 5.32 Å². The number of pyridine rings is 1. The molecule has 1 N–H and O–H groups in total. The minimum atomic E-state index is -0.0522. The molecule has 0 saturated carbocycles. The number of nitrogens with one attached hydrogen (secondary N) is 1. The highest BCUT2D eigenvalue weighted by atomic mass is 35.5. The quantitative estimate of drug-likeness (QED) is 0.837. The summed E-state index contributed by atoms with van der Waals surface area (Å²) in [5.74, 6) is 0.301. The van der Waals surface area contributed by atoms with Gasteiger partial charge in [-0.25, -0.2) is 4.98 Å². The Morgan fingerprint density at radius 3 is 2.60 bits per heavy atom. The van der Waals surface area contributed by atoms with Crippen molar-refractivity contribution in [1.82, 2.24) is 4.98 Å². The zero-order chi connectivity index (χ0) is 14.4. The highest BCUT2D eigenvalue weighted by Gasteiger charge is 2.04. The maximum absolute atomic E-state index is 11.8. The van der Waals surface area contributed by atoms with Crippen molar-refractivity contribution in [3.05, 3.63) is 47.6 Å². The molecule has 2 aromatic rings. The first-order valence-corrected chi connectivity index (χ1v) is 8.44. The molecular formula is C14H13ClN2OS2. The molecule has 0 fully saturated rings. The van der Waals surface area contributed by atoms with Crippen LogP contribution in [0.25, 0.3) is 0 Å². The minimum Gasteiger partial charge on any atom is -0.324 e. The molecule has 2 rings (SSSR count). The van der Waals surface area contributed by atoms with Crippen molar-refractivity contribution in [2.45, 2.75) is 9.92 Å². The number of anilines is 1. The zero-order valence-electron chi connectivity index (χ0n) is 10.8. The van der Waals surface area contributed by atoms with E-state index in [0.29, 0.717) is 16.5 Å². The third kappa shape index (κ3) is 4.74. The number of hydrogen-bond acceptors (Lipinski definition) is 4. The van der Waals surface area contributed by atoms with Crippen molar-refractivity contribution < 1.29 is 4.79 Å². The molecule has 0 radical (unpaired) electrons. The highest BCUT2D eigenvalue weighted by Crippen LogP contribution is 2.20. The Kier molecular flexibility index (Phi) is 5.76. The molecule has 1 heterocycles. The van der Waals surface area contributed by atoms with Crippen LogP contribution in [0, 0.1) is 0 Å². The van der Waals surface area contributed by atoms with E-state index in [1.54, 1.807) is 18.0 Å². The molecule has 1 aromatic heterocycles. The second-order valence-electron chi connectivity index (χ2n) is 3.88. The summed E-state index contributed by atoms with van der Waals surface area (Å²) in [7, 11) is 0. The van der Waals surface area contributed by atoms with Crippen LogP contribution in [0.2, 0.25) is 5.02 Å². The smallest absolute Gasteiger partial charge is 0.234 e. The van der Waals surface area contributed by atoms with Gasteiger partial charge in [0.15, 0.2) is 0 Å². The van der Waals surface area contributed by atoms with Gasteiger partial charge >= 0.3 is 0 Å². The van der Waals surface area contributed by atoms with Gasteiger partial charge in [0, 0.05) is 9.92 Å². The van der Waals surface area contributed by atoms with Crippen molar-refractivity contribution in [2.75, 3.05) is 17.3 Å². The number of carbonyl (C=O) groups is 1. The first-order chi connectivity index (χ1) is 9.67. The Hall–Kier alpha value is -1.17. The molecule has 0 atom stereocenters. The third-order valence-electron chi connectivity index (χ3n) is 2.41. The number of aromatic nitrogens is 1. The molecule has 0 aliphatic rings. The Balaban J connectivity index is 1.84. The van der Waals surface area contributed by atoms with Crippen molar-refractivity contribution in [3.8, 4) is 0 Å². The van der Waals surface area contributed by atoms with Crippen LogP contribution in [0.1, 0.15) is 0 Å². The molecule has 104 valence electrons. The maximum Gasteiger partial charge on any atom is 0.234 e. The van der Waals surface area contributed by atoms with Crippen molar-refractivity contribution in [1.29, 1.82) is 0 Å². The van der Waals surface area contributed by atoms with E-state index < -0.39 is 0 Å². The van der Waals surface area contributed by atoms with E-state index in [0.717, 1.165) is 9.92 Å². The second kappa shape index (κ2) is 7.57. The number of nitrogens with zero attached hydrogens (tertiary/aromatic N) is 1. The molecule has 0 unspecified atom stereocenters. The number of halogens is 1. The van der Waals surface area contributed by atoms with Gasteiger partial charge in [-0.2, -0.15) is 0 Å². The first-order valence-electron chi connectivity index (χ1n) is 5.85. The summed E-state index contributed by atoms with van der Waals surface area (Å²) in [4.78, 5) is 17.0. The number of rotatable bonds is 5. The van der Waals surface area contributed by atoms with Crippen LogP contribution >= 0.6 is 35.1 Å². The normalized spacial score (nSPS) is 10.3. The molecule has 0 saturated heterocycles. The number of hydrogen-bond donors (Lipinski definition) is 1. The monoisotopic (exact) mass is 324 g/mol. The minimum absolute atomic E-state index is 0.0522. The van der Waals surface area contributed by atoms with Crippen LogP contribution < -0.4 is 5.32 Å².